The summed E-state index contributed by atoms with van der Waals surface area (Å²) in [4.78, 5) is 12.3. The molecule has 1 N–H and O–H groups in total. The molecule has 0 saturated heterocycles. The molecule has 26 heavy (non-hydrogen) atoms. The summed E-state index contributed by atoms with van der Waals surface area (Å²) in [5.41, 5.74) is 2.07. The molecule has 1 amide bonds. The molecule has 0 radical (unpaired) electrons. The van der Waals surface area contributed by atoms with Crippen molar-refractivity contribution in [3.8, 4) is 11.5 Å². The average Bonchev–Trinajstić information content (AvgIpc) is 2.66. The lowest BCUT2D eigenvalue weighted by Crippen LogP contribution is -2.31. The van der Waals surface area contributed by atoms with Gasteiger partial charge in [0.2, 0.25) is 0 Å². The highest BCUT2D eigenvalue weighted by Crippen LogP contribution is 2.26. The van der Waals surface area contributed by atoms with Gasteiger partial charge in [-0.1, -0.05) is 48.0 Å². The van der Waals surface area contributed by atoms with E-state index >= 15 is 0 Å². The largest absolute Gasteiger partial charge is 0.496 e. The Morgan fingerprint density at radius 3 is 2.58 bits per heavy atom. The molecule has 0 aromatic heterocycles. The van der Waals surface area contributed by atoms with E-state index < -0.39 is 0 Å². The van der Waals surface area contributed by atoms with Gasteiger partial charge in [0.1, 0.15) is 11.5 Å². The van der Waals surface area contributed by atoms with Crippen LogP contribution in [0.15, 0.2) is 60.7 Å². The summed E-state index contributed by atoms with van der Waals surface area (Å²) in [5.74, 6) is 1.27. The van der Waals surface area contributed by atoms with Gasteiger partial charge in [0.15, 0.2) is 6.61 Å². The van der Waals surface area contributed by atoms with Crippen molar-refractivity contribution in [2.75, 3.05) is 13.7 Å². The first-order valence-corrected chi connectivity index (χ1v) is 8.62. The van der Waals surface area contributed by atoms with Gasteiger partial charge in [-0.25, -0.2) is 0 Å². The third kappa shape index (κ3) is 4.14. The maximum atomic E-state index is 12.3. The summed E-state index contributed by atoms with van der Waals surface area (Å²) in [6, 6.07) is 19.6. The predicted octanol–water partition coefficient (Wildman–Crippen LogP) is 4.41. The maximum absolute atomic E-state index is 12.3. The molecule has 0 aliphatic heterocycles. The van der Waals surface area contributed by atoms with Gasteiger partial charge < -0.3 is 14.8 Å². The molecule has 0 saturated carbocycles. The fourth-order valence-corrected chi connectivity index (χ4v) is 2.96. The smallest absolute Gasteiger partial charge is 0.258 e. The number of carbonyl (C=O) groups is 1. The molecule has 0 bridgehead atoms. The number of methoxy groups -OCH3 is 1. The second kappa shape index (κ2) is 7.91. The zero-order valence-corrected chi connectivity index (χ0v) is 15.3. The Morgan fingerprint density at radius 2 is 1.81 bits per heavy atom. The molecule has 0 heterocycles. The third-order valence-corrected chi connectivity index (χ3v) is 4.32. The molecule has 0 aliphatic rings. The molecule has 4 nitrogen and oxygen atoms in total. The van der Waals surface area contributed by atoms with Crippen molar-refractivity contribution in [2.24, 2.45) is 0 Å². The molecule has 4 heteroatoms. The number of carbonyl (C=O) groups excluding carboxylic acids is 1. The Morgan fingerprint density at radius 1 is 1.04 bits per heavy atom. The molecule has 1 unspecified atom stereocenters. The monoisotopic (exact) mass is 349 g/mol. The minimum atomic E-state index is -0.172. The molecule has 0 aliphatic carbocycles. The first-order valence-electron chi connectivity index (χ1n) is 8.62. The van der Waals surface area contributed by atoms with E-state index in [0.29, 0.717) is 5.75 Å². The van der Waals surface area contributed by atoms with Crippen LogP contribution in [0.5, 0.6) is 11.5 Å². The second-order valence-corrected chi connectivity index (χ2v) is 6.33. The Hall–Kier alpha value is -3.01. The van der Waals surface area contributed by atoms with Crippen LogP contribution in [-0.2, 0) is 4.79 Å². The van der Waals surface area contributed by atoms with Crippen LogP contribution in [0.25, 0.3) is 10.8 Å². The predicted molar refractivity (Wildman–Crippen MR) is 104 cm³/mol. The normalized spacial score (nSPS) is 11.8. The number of aryl methyl sites for hydroxylation is 1. The highest BCUT2D eigenvalue weighted by atomic mass is 16.5. The van der Waals surface area contributed by atoms with E-state index in [-0.39, 0.29) is 18.6 Å². The van der Waals surface area contributed by atoms with Gasteiger partial charge in [-0.2, -0.15) is 0 Å². The summed E-state index contributed by atoms with van der Waals surface area (Å²) in [6.45, 7) is 3.92. The van der Waals surface area contributed by atoms with E-state index in [4.69, 9.17) is 9.47 Å². The standard InChI is InChI=1S/C22H23NO3/c1-15-8-11-21(25-3)20(12-15)16(2)23-22(24)14-26-19-10-9-17-6-4-5-7-18(17)13-19/h4-13,16H,14H2,1-3H3,(H,23,24). The van der Waals surface area contributed by atoms with Crippen LogP contribution in [-0.4, -0.2) is 19.6 Å². The highest BCUT2D eigenvalue weighted by Gasteiger charge is 2.14. The molecular formula is C22H23NO3. The van der Waals surface area contributed by atoms with E-state index in [1.165, 1.54) is 0 Å². The van der Waals surface area contributed by atoms with Crippen molar-refractivity contribution in [1.29, 1.82) is 0 Å². The van der Waals surface area contributed by atoms with Crippen molar-refractivity contribution in [3.05, 3.63) is 71.8 Å². The first kappa shape index (κ1) is 17.8. The highest BCUT2D eigenvalue weighted by molar-refractivity contribution is 5.84. The van der Waals surface area contributed by atoms with E-state index in [1.807, 2.05) is 74.5 Å². The van der Waals surface area contributed by atoms with Crippen molar-refractivity contribution >= 4 is 16.7 Å². The van der Waals surface area contributed by atoms with Crippen molar-refractivity contribution in [2.45, 2.75) is 19.9 Å². The Kier molecular flexibility index (Phi) is 5.42. The van der Waals surface area contributed by atoms with Crippen molar-refractivity contribution in [3.63, 3.8) is 0 Å². The fourth-order valence-electron chi connectivity index (χ4n) is 2.96. The molecule has 3 rings (SSSR count). The van der Waals surface area contributed by atoms with Gasteiger partial charge in [0.05, 0.1) is 13.2 Å². The van der Waals surface area contributed by atoms with Crippen molar-refractivity contribution in [1.82, 2.24) is 5.32 Å². The average molecular weight is 349 g/mol. The molecule has 0 spiro atoms. The minimum absolute atomic E-state index is 0.0309. The lowest BCUT2D eigenvalue weighted by Gasteiger charge is -2.18. The van der Waals surface area contributed by atoms with Gasteiger partial charge in [0.25, 0.3) is 5.91 Å². The Bertz CT molecular complexity index is 920. The number of benzene rings is 3. The fraction of sp³-hybridized carbons (Fsp3) is 0.227. The van der Waals surface area contributed by atoms with Crippen LogP contribution in [0.1, 0.15) is 24.1 Å². The number of fused-ring (bicyclic) bond motifs is 1. The van der Waals surface area contributed by atoms with E-state index in [2.05, 4.69) is 5.32 Å². The minimum Gasteiger partial charge on any atom is -0.496 e. The Labute approximate surface area is 153 Å². The summed E-state index contributed by atoms with van der Waals surface area (Å²) >= 11 is 0. The molecule has 134 valence electrons. The van der Waals surface area contributed by atoms with Crippen LogP contribution in [0.3, 0.4) is 0 Å². The van der Waals surface area contributed by atoms with E-state index in [1.54, 1.807) is 7.11 Å². The maximum Gasteiger partial charge on any atom is 0.258 e. The number of amides is 1. The number of ether oxygens (including phenoxy) is 2. The van der Waals surface area contributed by atoms with E-state index in [9.17, 15) is 4.79 Å². The zero-order valence-electron chi connectivity index (χ0n) is 15.3. The van der Waals surface area contributed by atoms with Crippen molar-refractivity contribution < 1.29 is 14.3 Å². The second-order valence-electron chi connectivity index (χ2n) is 6.33. The number of nitrogens with one attached hydrogen (secondary N) is 1. The van der Waals surface area contributed by atoms with Gasteiger partial charge in [-0.05, 0) is 42.8 Å². The molecular weight excluding hydrogens is 326 g/mol. The molecule has 3 aromatic rings. The lowest BCUT2D eigenvalue weighted by molar-refractivity contribution is -0.123. The van der Waals surface area contributed by atoms with Crippen LogP contribution >= 0.6 is 0 Å². The zero-order chi connectivity index (χ0) is 18.5. The quantitative estimate of drug-likeness (QED) is 0.717. The van der Waals surface area contributed by atoms with Crippen LogP contribution < -0.4 is 14.8 Å². The van der Waals surface area contributed by atoms with E-state index in [0.717, 1.165) is 27.6 Å². The van der Waals surface area contributed by atoms with Gasteiger partial charge >= 0.3 is 0 Å². The molecule has 1 atom stereocenters. The molecule has 0 fully saturated rings. The first-order chi connectivity index (χ1) is 12.6. The van der Waals surface area contributed by atoms with Crippen LogP contribution in [0.4, 0.5) is 0 Å². The topological polar surface area (TPSA) is 47.6 Å². The molecule has 3 aromatic carbocycles. The SMILES string of the molecule is COc1ccc(C)cc1C(C)NC(=O)COc1ccc2ccccc2c1. The number of hydrogen-bond donors (Lipinski definition) is 1. The summed E-state index contributed by atoms with van der Waals surface area (Å²) in [7, 11) is 1.63. The summed E-state index contributed by atoms with van der Waals surface area (Å²) in [6.07, 6.45) is 0. The lowest BCUT2D eigenvalue weighted by atomic mass is 10.0. The number of rotatable bonds is 6. The van der Waals surface area contributed by atoms with Gasteiger partial charge in [-0.3, -0.25) is 4.79 Å². The van der Waals surface area contributed by atoms with Crippen LogP contribution in [0.2, 0.25) is 0 Å². The summed E-state index contributed by atoms with van der Waals surface area (Å²) in [5, 5.41) is 5.19. The van der Waals surface area contributed by atoms with Gasteiger partial charge in [0, 0.05) is 5.56 Å². The van der Waals surface area contributed by atoms with Gasteiger partial charge in [-0.15, -0.1) is 0 Å². The summed E-state index contributed by atoms with van der Waals surface area (Å²) < 4.78 is 11.0. The number of hydrogen-bond acceptors (Lipinski definition) is 3. The Balaban J connectivity index is 1.62. The van der Waals surface area contributed by atoms with Crippen LogP contribution in [0, 0.1) is 6.92 Å². The third-order valence-electron chi connectivity index (χ3n) is 4.32.